The molecule has 6 heteroatoms. The highest BCUT2D eigenvalue weighted by atomic mass is 16.5. The van der Waals surface area contributed by atoms with E-state index in [1.807, 2.05) is 19.9 Å². The van der Waals surface area contributed by atoms with E-state index in [1.54, 1.807) is 7.05 Å². The number of aromatic nitrogens is 1. The van der Waals surface area contributed by atoms with Crippen LogP contribution in [0.15, 0.2) is 23.8 Å². The Kier molecular flexibility index (Phi) is 6.88. The van der Waals surface area contributed by atoms with Gasteiger partial charge < -0.3 is 19.5 Å². The summed E-state index contributed by atoms with van der Waals surface area (Å²) in [6.07, 6.45) is 9.62. The van der Waals surface area contributed by atoms with Crippen molar-refractivity contribution in [1.29, 1.82) is 0 Å². The van der Waals surface area contributed by atoms with Crippen LogP contribution in [-0.2, 0) is 23.0 Å². The van der Waals surface area contributed by atoms with Crippen LogP contribution in [-0.4, -0.2) is 33.6 Å². The molecule has 0 amide bonds. The molecule has 182 valence electrons. The zero-order chi connectivity index (χ0) is 24.7. The zero-order valence-corrected chi connectivity index (χ0v) is 21.1. The Labute approximate surface area is 197 Å². The van der Waals surface area contributed by atoms with Crippen LogP contribution in [0.5, 0.6) is 11.6 Å². The average molecular weight is 458 g/mol. The highest BCUT2D eigenvalue weighted by molar-refractivity contribution is 6.06. The van der Waals surface area contributed by atoms with Crippen molar-refractivity contribution in [3.8, 4) is 11.6 Å². The van der Waals surface area contributed by atoms with E-state index in [1.165, 1.54) is 11.7 Å². The Bertz CT molecular complexity index is 1000. The lowest BCUT2D eigenvalue weighted by Crippen LogP contribution is -2.53. The van der Waals surface area contributed by atoms with E-state index in [2.05, 4.69) is 32.9 Å². The lowest BCUT2D eigenvalue weighted by molar-refractivity contribution is -0.140. The van der Waals surface area contributed by atoms with E-state index >= 15 is 0 Å². The molecule has 1 aromatic rings. The summed E-state index contributed by atoms with van der Waals surface area (Å²) in [5, 5.41) is 22.0. The molecule has 6 nitrogen and oxygen atoms in total. The molecule has 3 rings (SSSR count). The number of Topliss-reactive ketones (excluding diaryl/α,β-unsaturated/α-hetero) is 1. The number of carbonyl (C=O) groups excluding carboxylic acids is 2. The highest BCUT2D eigenvalue weighted by Gasteiger charge is 2.58. The second-order valence-corrected chi connectivity index (χ2v) is 10.6. The number of aromatic hydroxyl groups is 2. The van der Waals surface area contributed by atoms with Crippen LogP contribution in [0.1, 0.15) is 76.4 Å². The first-order valence-electron chi connectivity index (χ1n) is 12.0. The lowest BCUT2D eigenvalue weighted by atomic mass is 9.46. The third-order valence-corrected chi connectivity index (χ3v) is 8.30. The molecule has 0 spiro atoms. The molecular formula is C27H39NO5. The number of esters is 1. The Balaban J connectivity index is 2.14. The van der Waals surface area contributed by atoms with Crippen LogP contribution in [0.2, 0.25) is 0 Å². The molecule has 0 aromatic carbocycles. The summed E-state index contributed by atoms with van der Waals surface area (Å²) >= 11 is 0. The van der Waals surface area contributed by atoms with Crippen LogP contribution in [0.3, 0.4) is 0 Å². The van der Waals surface area contributed by atoms with E-state index in [-0.39, 0.29) is 53.1 Å². The quantitative estimate of drug-likeness (QED) is 0.343. The van der Waals surface area contributed by atoms with Crippen LogP contribution in [0.25, 0.3) is 0 Å². The van der Waals surface area contributed by atoms with Gasteiger partial charge in [-0.2, -0.15) is 0 Å². The number of carbonyl (C=O) groups is 2. The molecule has 1 aromatic heterocycles. The number of hydrogen-bond acceptors (Lipinski definition) is 5. The summed E-state index contributed by atoms with van der Waals surface area (Å²) in [6, 6.07) is 0. The highest BCUT2D eigenvalue weighted by Crippen LogP contribution is 2.61. The summed E-state index contributed by atoms with van der Waals surface area (Å²) in [5.74, 6) is -0.605. The van der Waals surface area contributed by atoms with Crippen LogP contribution >= 0.6 is 0 Å². The molecule has 1 saturated carbocycles. The van der Waals surface area contributed by atoms with Gasteiger partial charge in [0.25, 0.3) is 0 Å². The Morgan fingerprint density at radius 3 is 2.55 bits per heavy atom. The van der Waals surface area contributed by atoms with E-state index in [0.29, 0.717) is 11.6 Å². The van der Waals surface area contributed by atoms with Crippen molar-refractivity contribution in [3.05, 3.63) is 35.1 Å². The van der Waals surface area contributed by atoms with Gasteiger partial charge in [-0.25, -0.2) is 0 Å². The third-order valence-electron chi connectivity index (χ3n) is 8.30. The van der Waals surface area contributed by atoms with Gasteiger partial charge in [0.2, 0.25) is 5.88 Å². The topological polar surface area (TPSA) is 88.8 Å². The van der Waals surface area contributed by atoms with Crippen molar-refractivity contribution in [1.82, 2.24) is 4.57 Å². The Morgan fingerprint density at radius 1 is 1.27 bits per heavy atom. The Morgan fingerprint density at radius 2 is 1.94 bits per heavy atom. The molecule has 1 fully saturated rings. The van der Waals surface area contributed by atoms with Gasteiger partial charge in [-0.3, -0.25) is 9.59 Å². The smallest absolute Gasteiger partial charge is 0.305 e. The number of methoxy groups -OCH3 is 1. The van der Waals surface area contributed by atoms with E-state index < -0.39 is 11.4 Å². The summed E-state index contributed by atoms with van der Waals surface area (Å²) in [4.78, 5) is 26.0. The van der Waals surface area contributed by atoms with Gasteiger partial charge in [0.15, 0.2) is 11.5 Å². The van der Waals surface area contributed by atoms with E-state index in [9.17, 15) is 19.8 Å². The Hall–Kier alpha value is -2.50. The number of allylic oxidation sites excluding steroid dienone is 4. The minimum absolute atomic E-state index is 0.0370. The lowest BCUT2D eigenvalue weighted by Gasteiger charge is -2.56. The van der Waals surface area contributed by atoms with Crippen LogP contribution in [0, 0.1) is 28.6 Å². The zero-order valence-electron chi connectivity index (χ0n) is 21.1. The van der Waals surface area contributed by atoms with Crippen LogP contribution < -0.4 is 0 Å². The molecule has 0 radical (unpaired) electrons. The fourth-order valence-corrected chi connectivity index (χ4v) is 6.86. The molecule has 5 atom stereocenters. The minimum atomic E-state index is -0.823. The first-order chi connectivity index (χ1) is 15.4. The fraction of sp³-hybridized carbons (Fsp3) is 0.630. The molecule has 0 unspecified atom stereocenters. The molecule has 0 bridgehead atoms. The van der Waals surface area contributed by atoms with Gasteiger partial charge in [-0.15, -0.1) is 0 Å². The van der Waals surface area contributed by atoms with Crippen molar-refractivity contribution in [2.45, 2.75) is 66.7 Å². The maximum Gasteiger partial charge on any atom is 0.305 e. The van der Waals surface area contributed by atoms with Gasteiger partial charge in [-0.1, -0.05) is 51.0 Å². The molecule has 2 N–H and O–H groups in total. The monoisotopic (exact) mass is 457 g/mol. The van der Waals surface area contributed by atoms with Gasteiger partial charge in [-0.05, 0) is 43.9 Å². The average Bonchev–Trinajstić information content (AvgIpc) is 2.96. The second-order valence-electron chi connectivity index (χ2n) is 10.6. The number of ketones is 1. The molecular weight excluding hydrogens is 418 g/mol. The number of hydrogen-bond donors (Lipinski definition) is 2. The third kappa shape index (κ3) is 4.02. The SMILES string of the molecule is CC=C[C@H]1C(C)=C[C@@]2(C)C[C@H](C)CC[C@H]2[C@]1(C)C(=O)c1c(O)c(CCC(=O)OC)n(C)c1O. The first-order valence-corrected chi connectivity index (χ1v) is 12.0. The summed E-state index contributed by atoms with van der Waals surface area (Å²) in [7, 11) is 2.91. The number of rotatable bonds is 6. The van der Waals surface area contributed by atoms with E-state index in [4.69, 9.17) is 4.74 Å². The molecule has 1 heterocycles. The molecule has 33 heavy (non-hydrogen) atoms. The van der Waals surface area contributed by atoms with Crippen molar-refractivity contribution in [2.75, 3.05) is 7.11 Å². The summed E-state index contributed by atoms with van der Waals surface area (Å²) in [6.45, 7) is 10.6. The largest absolute Gasteiger partial charge is 0.505 e. The van der Waals surface area contributed by atoms with Gasteiger partial charge >= 0.3 is 5.97 Å². The molecule has 2 aliphatic rings. The van der Waals surface area contributed by atoms with Gasteiger partial charge in [0.05, 0.1) is 19.2 Å². The summed E-state index contributed by atoms with van der Waals surface area (Å²) in [5.41, 5.74) is 0.520. The van der Waals surface area contributed by atoms with Crippen molar-refractivity contribution < 1.29 is 24.5 Å². The minimum Gasteiger partial charge on any atom is -0.505 e. The number of nitrogens with zero attached hydrogens (tertiary/aromatic N) is 1. The van der Waals surface area contributed by atoms with Crippen molar-refractivity contribution >= 4 is 11.8 Å². The maximum atomic E-state index is 14.3. The predicted octanol–water partition coefficient (Wildman–Crippen LogP) is 5.33. The number of ether oxygens (including phenoxy) is 1. The fourth-order valence-electron chi connectivity index (χ4n) is 6.86. The van der Waals surface area contributed by atoms with E-state index in [0.717, 1.165) is 24.8 Å². The van der Waals surface area contributed by atoms with Crippen molar-refractivity contribution in [2.24, 2.45) is 35.6 Å². The summed E-state index contributed by atoms with van der Waals surface area (Å²) < 4.78 is 6.12. The van der Waals surface area contributed by atoms with Crippen molar-refractivity contribution in [3.63, 3.8) is 0 Å². The maximum absolute atomic E-state index is 14.3. The number of fused-ring (bicyclic) bond motifs is 1. The predicted molar refractivity (Wildman–Crippen MR) is 128 cm³/mol. The second kappa shape index (κ2) is 9.03. The standard InChI is InChI=1S/C27H39NO5/c1-8-9-18-17(3)15-26(4)14-16(2)10-12-20(26)27(18,5)24(31)22-23(30)19(28(6)25(22)32)11-13-21(29)33-7/h8-9,15-16,18,20,30,32H,10-14H2,1-7H3/t16-,18+,20-,26-,27-/m1/s1. The van der Waals surface area contributed by atoms with Gasteiger partial charge in [0, 0.05) is 24.8 Å². The van der Waals surface area contributed by atoms with Crippen LogP contribution in [0.4, 0.5) is 0 Å². The van der Waals surface area contributed by atoms with Gasteiger partial charge in [0.1, 0.15) is 5.56 Å². The normalized spacial score (nSPS) is 31.8. The molecule has 2 aliphatic carbocycles. The molecule has 0 saturated heterocycles. The first kappa shape index (κ1) is 25.1. The molecule has 0 aliphatic heterocycles.